The molecule has 0 radical (unpaired) electrons. The van der Waals surface area contributed by atoms with Crippen molar-refractivity contribution < 1.29 is 4.39 Å². The topological polar surface area (TPSA) is 10.8 Å². The quantitative estimate of drug-likeness (QED) is 0.735. The molecule has 0 N–H and O–H groups in total. The molecule has 1 saturated heterocycles. The first-order valence-electron chi connectivity index (χ1n) is 9.38. The van der Waals surface area contributed by atoms with E-state index in [4.69, 9.17) is 6.57 Å². The summed E-state index contributed by atoms with van der Waals surface area (Å²) in [4.78, 5) is 8.05. The van der Waals surface area contributed by atoms with E-state index in [9.17, 15) is 4.39 Å². The Bertz CT molecular complexity index is 833. The Morgan fingerprint density at radius 3 is 2.42 bits per heavy atom. The minimum atomic E-state index is -0.280. The lowest BCUT2D eigenvalue weighted by Gasteiger charge is -2.43. The molecule has 2 aromatic rings. The summed E-state index contributed by atoms with van der Waals surface area (Å²) >= 11 is 0. The first kappa shape index (κ1) is 17.1. The molecule has 1 aliphatic carbocycles. The molecule has 2 aliphatic rings. The summed E-state index contributed by atoms with van der Waals surface area (Å²) in [5.74, 6) is -0.280. The van der Waals surface area contributed by atoms with Crippen LogP contribution in [0.25, 0.3) is 4.85 Å². The number of hydrogen-bond acceptors (Lipinski definition) is 2. The first-order chi connectivity index (χ1) is 12.6. The summed E-state index contributed by atoms with van der Waals surface area (Å²) in [6.07, 6.45) is 3.43. The lowest BCUT2D eigenvalue weighted by atomic mass is 10.1. The van der Waals surface area contributed by atoms with Crippen molar-refractivity contribution >= 4 is 11.4 Å². The van der Waals surface area contributed by atoms with Gasteiger partial charge in [0.25, 0.3) is 0 Å². The Balaban J connectivity index is 1.47. The van der Waals surface area contributed by atoms with Gasteiger partial charge >= 0.3 is 0 Å². The van der Waals surface area contributed by atoms with E-state index >= 15 is 0 Å². The number of anilines is 1. The van der Waals surface area contributed by atoms with Gasteiger partial charge in [-0.05, 0) is 42.5 Å². The Morgan fingerprint density at radius 2 is 1.81 bits per heavy atom. The van der Waals surface area contributed by atoms with Crippen LogP contribution in [0.1, 0.15) is 30.9 Å². The van der Waals surface area contributed by atoms with Crippen LogP contribution in [-0.2, 0) is 13.0 Å². The van der Waals surface area contributed by atoms with Crippen LogP contribution in [0.3, 0.4) is 0 Å². The summed E-state index contributed by atoms with van der Waals surface area (Å²) in [5, 5.41) is 0. The summed E-state index contributed by atoms with van der Waals surface area (Å²) in [6, 6.07) is 13.8. The zero-order valence-electron chi connectivity index (χ0n) is 15.2. The average Bonchev–Trinajstić information content (AvgIpc) is 3.44. The second-order valence-electron chi connectivity index (χ2n) is 7.49. The molecule has 3 nitrogen and oxygen atoms in total. The monoisotopic (exact) mass is 349 g/mol. The van der Waals surface area contributed by atoms with Crippen LogP contribution in [0, 0.1) is 12.4 Å². The summed E-state index contributed by atoms with van der Waals surface area (Å²) < 4.78 is 14.4. The molecule has 4 rings (SSSR count). The Morgan fingerprint density at radius 1 is 1.08 bits per heavy atom. The average molecular weight is 349 g/mol. The van der Waals surface area contributed by atoms with Gasteiger partial charge in [0.05, 0.1) is 12.3 Å². The van der Waals surface area contributed by atoms with Crippen molar-refractivity contribution in [3.63, 3.8) is 0 Å². The van der Waals surface area contributed by atoms with E-state index < -0.39 is 0 Å². The van der Waals surface area contributed by atoms with E-state index in [1.54, 1.807) is 12.1 Å². The van der Waals surface area contributed by atoms with E-state index in [1.807, 2.05) is 0 Å². The van der Waals surface area contributed by atoms with Gasteiger partial charge in [-0.15, -0.1) is 0 Å². The fraction of sp³-hybridized carbons (Fsp3) is 0.409. The van der Waals surface area contributed by atoms with Crippen LogP contribution in [0.2, 0.25) is 0 Å². The van der Waals surface area contributed by atoms with Gasteiger partial charge in [0.1, 0.15) is 5.82 Å². The number of aryl methyl sites for hydroxylation is 1. The zero-order valence-corrected chi connectivity index (χ0v) is 15.2. The highest BCUT2D eigenvalue weighted by molar-refractivity contribution is 5.57. The maximum absolute atomic E-state index is 14.4. The van der Waals surface area contributed by atoms with E-state index in [0.717, 1.165) is 32.6 Å². The summed E-state index contributed by atoms with van der Waals surface area (Å²) in [7, 11) is 0. The lowest BCUT2D eigenvalue weighted by Crippen LogP contribution is -2.54. The molecule has 26 heavy (non-hydrogen) atoms. The van der Waals surface area contributed by atoms with Crippen LogP contribution >= 0.6 is 0 Å². The molecule has 1 saturated carbocycles. The van der Waals surface area contributed by atoms with E-state index in [0.29, 0.717) is 11.4 Å². The smallest absolute Gasteiger partial charge is 0.190 e. The van der Waals surface area contributed by atoms with Crippen molar-refractivity contribution in [3.8, 4) is 0 Å². The molecule has 0 aromatic heterocycles. The van der Waals surface area contributed by atoms with Gasteiger partial charge in [0, 0.05) is 31.7 Å². The highest BCUT2D eigenvalue weighted by atomic mass is 19.1. The number of benzene rings is 2. The molecule has 0 unspecified atom stereocenters. The number of hydrogen-bond donors (Lipinski definition) is 0. The molecule has 1 spiro atoms. The molecule has 0 amide bonds. The molecule has 2 fully saturated rings. The van der Waals surface area contributed by atoms with Crippen LogP contribution in [0.5, 0.6) is 0 Å². The first-order valence-corrected chi connectivity index (χ1v) is 9.38. The second-order valence-corrected chi connectivity index (χ2v) is 7.49. The number of rotatable bonds is 4. The largest absolute Gasteiger partial charge is 0.366 e. The van der Waals surface area contributed by atoms with Crippen molar-refractivity contribution in [2.75, 3.05) is 24.5 Å². The molecular weight excluding hydrogens is 325 g/mol. The Labute approximate surface area is 154 Å². The Kier molecular flexibility index (Phi) is 4.42. The molecule has 2 aromatic carbocycles. The van der Waals surface area contributed by atoms with Gasteiger partial charge in [-0.1, -0.05) is 37.3 Å². The van der Waals surface area contributed by atoms with E-state index in [1.165, 1.54) is 30.0 Å². The molecule has 134 valence electrons. The molecule has 0 atom stereocenters. The van der Waals surface area contributed by atoms with Crippen LogP contribution in [0.15, 0.2) is 42.5 Å². The van der Waals surface area contributed by atoms with Crippen LogP contribution in [0.4, 0.5) is 15.8 Å². The third-order valence-corrected chi connectivity index (χ3v) is 5.83. The van der Waals surface area contributed by atoms with Gasteiger partial charge in [-0.2, -0.15) is 0 Å². The van der Waals surface area contributed by atoms with Crippen molar-refractivity contribution in [2.24, 2.45) is 0 Å². The van der Waals surface area contributed by atoms with Gasteiger partial charge in [0.2, 0.25) is 0 Å². The fourth-order valence-electron chi connectivity index (χ4n) is 4.01. The van der Waals surface area contributed by atoms with Crippen molar-refractivity contribution in [1.29, 1.82) is 0 Å². The van der Waals surface area contributed by atoms with Crippen LogP contribution < -0.4 is 4.90 Å². The number of halogens is 1. The third-order valence-electron chi connectivity index (χ3n) is 5.83. The zero-order chi connectivity index (χ0) is 18.1. The van der Waals surface area contributed by atoms with Crippen molar-refractivity contribution in [2.45, 2.75) is 38.3 Å². The maximum atomic E-state index is 14.4. The highest BCUT2D eigenvalue weighted by Gasteiger charge is 2.51. The number of nitrogens with zero attached hydrogens (tertiary/aromatic N) is 3. The molecule has 1 aliphatic heterocycles. The predicted molar refractivity (Wildman–Crippen MR) is 103 cm³/mol. The van der Waals surface area contributed by atoms with Gasteiger partial charge in [-0.3, -0.25) is 4.90 Å². The van der Waals surface area contributed by atoms with Crippen molar-refractivity contribution in [3.05, 3.63) is 70.8 Å². The molecule has 0 bridgehead atoms. The number of piperazine rings is 1. The van der Waals surface area contributed by atoms with E-state index in [2.05, 4.69) is 45.8 Å². The lowest BCUT2D eigenvalue weighted by molar-refractivity contribution is 0.149. The fourth-order valence-corrected chi connectivity index (χ4v) is 4.01. The Hall–Kier alpha value is -2.38. The molecular formula is C22H24FN3. The summed E-state index contributed by atoms with van der Waals surface area (Å²) in [6.45, 7) is 12.8. The van der Waals surface area contributed by atoms with Crippen molar-refractivity contribution in [1.82, 2.24) is 4.90 Å². The molecule has 4 heteroatoms. The highest BCUT2D eigenvalue weighted by Crippen LogP contribution is 2.46. The summed E-state index contributed by atoms with van der Waals surface area (Å²) in [5.41, 5.74) is 3.91. The second kappa shape index (κ2) is 6.74. The SMILES string of the molecule is [C-]#[N+]c1ccc(N2CCN(Cc3ccc(CC)cc3)C3(CC3)C2)c(F)c1. The minimum Gasteiger partial charge on any atom is -0.366 e. The molecule has 1 heterocycles. The van der Waals surface area contributed by atoms with Crippen LogP contribution in [-0.4, -0.2) is 30.1 Å². The minimum absolute atomic E-state index is 0.187. The predicted octanol–water partition coefficient (Wildman–Crippen LogP) is 4.79. The van der Waals surface area contributed by atoms with Gasteiger partial charge in [-0.25, -0.2) is 9.24 Å². The van der Waals surface area contributed by atoms with Gasteiger partial charge < -0.3 is 4.90 Å². The maximum Gasteiger partial charge on any atom is 0.190 e. The standard InChI is InChI=1S/C22H24FN3/c1-3-17-4-6-18(7-5-17)15-26-13-12-25(16-22(26)10-11-22)21-9-8-19(24-2)14-20(21)23/h4-9,14H,3,10-13,15-16H2,1H3. The van der Waals surface area contributed by atoms with Gasteiger partial charge in [0.15, 0.2) is 5.69 Å². The normalized spacial score (nSPS) is 18.7. The third kappa shape index (κ3) is 3.20. The van der Waals surface area contributed by atoms with E-state index in [-0.39, 0.29) is 11.4 Å².